The first-order valence-electron chi connectivity index (χ1n) is 8.86. The van der Waals surface area contributed by atoms with Gasteiger partial charge in [-0.1, -0.05) is 42.5 Å². The van der Waals surface area contributed by atoms with Crippen molar-refractivity contribution in [2.45, 2.75) is 0 Å². The molecule has 1 aliphatic heterocycles. The molecule has 0 aliphatic carbocycles. The van der Waals surface area contributed by atoms with Crippen LogP contribution in [-0.2, 0) is 9.59 Å². The van der Waals surface area contributed by atoms with Gasteiger partial charge in [-0.25, -0.2) is 0 Å². The SMILES string of the molecule is NC1=NC(=O)/C(=C/c2cccc(OCC(=O)Nc3ccc4ccccc4c3)c2)S1. The maximum absolute atomic E-state index is 12.2. The third-order valence-corrected chi connectivity index (χ3v) is 5.01. The van der Waals surface area contributed by atoms with E-state index in [4.69, 9.17) is 10.5 Å². The molecular formula is C22H17N3O3S. The Balaban J connectivity index is 1.38. The second kappa shape index (κ2) is 8.20. The van der Waals surface area contributed by atoms with Gasteiger partial charge in [-0.3, -0.25) is 9.59 Å². The topological polar surface area (TPSA) is 93.8 Å². The minimum absolute atomic E-state index is 0.128. The van der Waals surface area contributed by atoms with E-state index in [1.807, 2.05) is 48.5 Å². The highest BCUT2D eigenvalue weighted by atomic mass is 32.2. The lowest BCUT2D eigenvalue weighted by Gasteiger charge is -2.09. The first-order valence-corrected chi connectivity index (χ1v) is 9.68. The van der Waals surface area contributed by atoms with Crippen LogP contribution in [-0.4, -0.2) is 23.6 Å². The summed E-state index contributed by atoms with van der Waals surface area (Å²) >= 11 is 1.13. The van der Waals surface area contributed by atoms with Gasteiger partial charge in [0.2, 0.25) is 0 Å². The van der Waals surface area contributed by atoms with E-state index in [0.717, 1.165) is 28.1 Å². The molecule has 6 nitrogen and oxygen atoms in total. The predicted molar refractivity (Wildman–Crippen MR) is 117 cm³/mol. The highest BCUT2D eigenvalue weighted by Crippen LogP contribution is 2.27. The van der Waals surface area contributed by atoms with Crippen molar-refractivity contribution in [1.82, 2.24) is 0 Å². The number of hydrogen-bond donors (Lipinski definition) is 2. The smallest absolute Gasteiger partial charge is 0.286 e. The Morgan fingerprint density at radius 3 is 2.69 bits per heavy atom. The van der Waals surface area contributed by atoms with Crippen LogP contribution in [0.25, 0.3) is 16.8 Å². The number of nitrogens with one attached hydrogen (secondary N) is 1. The number of amidine groups is 1. The van der Waals surface area contributed by atoms with E-state index in [2.05, 4.69) is 10.3 Å². The molecule has 0 unspecified atom stereocenters. The van der Waals surface area contributed by atoms with Crippen LogP contribution in [0.1, 0.15) is 5.56 Å². The van der Waals surface area contributed by atoms with E-state index in [1.165, 1.54) is 0 Å². The largest absolute Gasteiger partial charge is 0.484 e. The summed E-state index contributed by atoms with van der Waals surface area (Å²) < 4.78 is 5.59. The van der Waals surface area contributed by atoms with Crippen LogP contribution in [0, 0.1) is 0 Å². The van der Waals surface area contributed by atoms with Gasteiger partial charge in [-0.05, 0) is 58.4 Å². The number of fused-ring (bicyclic) bond motifs is 1. The zero-order chi connectivity index (χ0) is 20.2. The molecule has 4 rings (SSSR count). The Morgan fingerprint density at radius 2 is 1.90 bits per heavy atom. The number of thioether (sulfide) groups is 1. The number of carbonyl (C=O) groups excluding carboxylic acids is 2. The molecule has 7 heteroatoms. The predicted octanol–water partition coefficient (Wildman–Crippen LogP) is 3.79. The lowest BCUT2D eigenvalue weighted by Crippen LogP contribution is -2.20. The molecule has 2 amide bonds. The minimum atomic E-state index is -0.353. The third kappa shape index (κ3) is 4.64. The molecule has 1 aliphatic rings. The van der Waals surface area contributed by atoms with Crippen LogP contribution in [0.2, 0.25) is 0 Å². The number of hydrogen-bond acceptors (Lipinski definition) is 5. The van der Waals surface area contributed by atoms with Crippen molar-refractivity contribution in [3.8, 4) is 5.75 Å². The van der Waals surface area contributed by atoms with Gasteiger partial charge < -0.3 is 15.8 Å². The van der Waals surface area contributed by atoms with E-state index in [-0.39, 0.29) is 23.6 Å². The van der Waals surface area contributed by atoms with Gasteiger partial charge in [0.05, 0.1) is 4.91 Å². The van der Waals surface area contributed by atoms with Gasteiger partial charge in [0.25, 0.3) is 11.8 Å². The first kappa shape index (κ1) is 18.8. The molecule has 0 saturated heterocycles. The molecule has 3 N–H and O–H groups in total. The fourth-order valence-corrected chi connectivity index (χ4v) is 3.57. The fourth-order valence-electron chi connectivity index (χ4n) is 2.88. The Hall–Kier alpha value is -3.58. The molecule has 0 radical (unpaired) electrons. The van der Waals surface area contributed by atoms with E-state index >= 15 is 0 Å². The number of ether oxygens (including phenoxy) is 1. The van der Waals surface area contributed by atoms with Crippen LogP contribution in [0.3, 0.4) is 0 Å². The monoisotopic (exact) mass is 403 g/mol. The van der Waals surface area contributed by atoms with Crippen LogP contribution in [0.4, 0.5) is 5.69 Å². The molecule has 0 bridgehead atoms. The van der Waals surface area contributed by atoms with Gasteiger partial charge in [0, 0.05) is 5.69 Å². The van der Waals surface area contributed by atoms with Crippen molar-refractivity contribution in [1.29, 1.82) is 0 Å². The zero-order valence-electron chi connectivity index (χ0n) is 15.3. The van der Waals surface area contributed by atoms with Crippen molar-refractivity contribution in [3.63, 3.8) is 0 Å². The number of aliphatic imine (C=N–C) groups is 1. The number of nitrogens with zero attached hydrogens (tertiary/aromatic N) is 1. The second-order valence-corrected chi connectivity index (χ2v) is 7.40. The fraction of sp³-hybridized carbons (Fsp3) is 0.0455. The average molecular weight is 403 g/mol. The van der Waals surface area contributed by atoms with Crippen LogP contribution in [0.15, 0.2) is 76.6 Å². The number of benzene rings is 3. The Kier molecular flexibility index (Phi) is 5.31. The van der Waals surface area contributed by atoms with E-state index in [1.54, 1.807) is 24.3 Å². The summed E-state index contributed by atoms with van der Waals surface area (Å²) in [6.45, 7) is -0.128. The molecule has 0 saturated carbocycles. The summed E-state index contributed by atoms with van der Waals surface area (Å²) in [4.78, 5) is 28.1. The maximum Gasteiger partial charge on any atom is 0.286 e. The molecule has 0 aromatic heterocycles. The minimum Gasteiger partial charge on any atom is -0.484 e. The average Bonchev–Trinajstić information content (AvgIpc) is 3.03. The lowest BCUT2D eigenvalue weighted by molar-refractivity contribution is -0.118. The molecule has 29 heavy (non-hydrogen) atoms. The molecule has 3 aromatic carbocycles. The van der Waals surface area contributed by atoms with Crippen LogP contribution >= 0.6 is 11.8 Å². The molecule has 3 aromatic rings. The normalized spacial score (nSPS) is 14.8. The van der Waals surface area contributed by atoms with Crippen molar-refractivity contribution >= 4 is 51.3 Å². The summed E-state index contributed by atoms with van der Waals surface area (Å²) in [6.07, 6.45) is 1.69. The van der Waals surface area contributed by atoms with E-state index < -0.39 is 0 Å². The zero-order valence-corrected chi connectivity index (χ0v) is 16.1. The number of amides is 2. The molecule has 0 spiro atoms. The van der Waals surface area contributed by atoms with Gasteiger partial charge in [-0.15, -0.1) is 0 Å². The number of nitrogens with two attached hydrogens (primary N) is 1. The summed E-state index contributed by atoms with van der Waals surface area (Å²) in [7, 11) is 0. The third-order valence-electron chi connectivity index (χ3n) is 4.20. The summed E-state index contributed by atoms with van der Waals surface area (Å²) in [5, 5.41) is 5.23. The quantitative estimate of drug-likeness (QED) is 0.632. The van der Waals surface area contributed by atoms with Gasteiger partial charge in [0.15, 0.2) is 11.8 Å². The Morgan fingerprint density at radius 1 is 1.07 bits per heavy atom. The summed E-state index contributed by atoms with van der Waals surface area (Å²) in [5.41, 5.74) is 7.03. The summed E-state index contributed by atoms with van der Waals surface area (Å²) in [5.74, 6) is -0.0855. The molecular weight excluding hydrogens is 386 g/mol. The highest BCUT2D eigenvalue weighted by Gasteiger charge is 2.19. The van der Waals surface area contributed by atoms with Gasteiger partial charge in [0.1, 0.15) is 5.75 Å². The van der Waals surface area contributed by atoms with Crippen molar-refractivity contribution in [3.05, 3.63) is 77.2 Å². The van der Waals surface area contributed by atoms with E-state index in [9.17, 15) is 9.59 Å². The number of rotatable bonds is 5. The van der Waals surface area contributed by atoms with Crippen LogP contribution in [0.5, 0.6) is 5.75 Å². The van der Waals surface area contributed by atoms with Crippen molar-refractivity contribution in [2.24, 2.45) is 10.7 Å². The first-order chi connectivity index (χ1) is 14.1. The number of carbonyl (C=O) groups is 2. The van der Waals surface area contributed by atoms with Gasteiger partial charge in [-0.2, -0.15) is 4.99 Å². The van der Waals surface area contributed by atoms with Crippen molar-refractivity contribution < 1.29 is 14.3 Å². The maximum atomic E-state index is 12.2. The molecule has 1 heterocycles. The lowest BCUT2D eigenvalue weighted by atomic mass is 10.1. The molecule has 0 atom stereocenters. The van der Waals surface area contributed by atoms with Crippen molar-refractivity contribution in [2.75, 3.05) is 11.9 Å². The standard InChI is InChI=1S/C22H17N3O3S/c23-22-25-21(27)19(29-22)11-14-4-3-7-18(10-14)28-13-20(26)24-17-9-8-15-5-1-2-6-16(15)12-17/h1-12H,13H2,(H,24,26)(H2,23,25,27)/b19-11-. The highest BCUT2D eigenvalue weighted by molar-refractivity contribution is 8.18. The molecule has 0 fully saturated rings. The molecule has 144 valence electrons. The van der Waals surface area contributed by atoms with Gasteiger partial charge >= 0.3 is 0 Å². The van der Waals surface area contributed by atoms with Crippen LogP contribution < -0.4 is 15.8 Å². The Bertz CT molecular complexity index is 1170. The number of anilines is 1. The van der Waals surface area contributed by atoms with E-state index in [0.29, 0.717) is 16.3 Å². The summed E-state index contributed by atoms with van der Waals surface area (Å²) in [6, 6.07) is 20.8. The Labute approximate surface area is 171 Å². The second-order valence-electron chi connectivity index (χ2n) is 6.34.